The first kappa shape index (κ1) is 22.5. The first-order valence-corrected chi connectivity index (χ1v) is 11.1. The highest BCUT2D eigenvalue weighted by Crippen LogP contribution is 2.21. The second-order valence-electron chi connectivity index (χ2n) is 7.50. The van der Waals surface area contributed by atoms with E-state index in [9.17, 15) is 4.79 Å². The van der Waals surface area contributed by atoms with Crippen molar-refractivity contribution in [2.75, 3.05) is 6.61 Å². The Bertz CT molecular complexity index is 936. The maximum absolute atomic E-state index is 12.4. The van der Waals surface area contributed by atoms with Crippen LogP contribution in [-0.2, 0) is 6.42 Å². The predicted octanol–water partition coefficient (Wildman–Crippen LogP) is 6.27. The molecule has 0 radical (unpaired) electrons. The molecule has 5 nitrogen and oxygen atoms in total. The number of carbonyl (C=O) groups excluding carboxylic acids is 1. The zero-order chi connectivity index (χ0) is 21.9. The summed E-state index contributed by atoms with van der Waals surface area (Å²) in [6.45, 7) is 4.97. The molecule has 3 rings (SSSR count). The average molecular weight is 419 g/mol. The minimum atomic E-state index is -0.516. The molecule has 0 N–H and O–H groups in total. The van der Waals surface area contributed by atoms with Gasteiger partial charge in [-0.3, -0.25) is 4.98 Å². The summed E-state index contributed by atoms with van der Waals surface area (Å²) >= 11 is 0. The van der Waals surface area contributed by atoms with Gasteiger partial charge in [0.25, 0.3) is 0 Å². The van der Waals surface area contributed by atoms with Crippen molar-refractivity contribution < 1.29 is 14.3 Å². The third-order valence-corrected chi connectivity index (χ3v) is 4.94. The second kappa shape index (κ2) is 11.8. The van der Waals surface area contributed by atoms with Gasteiger partial charge in [0.2, 0.25) is 0 Å². The summed E-state index contributed by atoms with van der Waals surface area (Å²) in [5, 5.41) is 0. The number of aromatic nitrogens is 2. The number of rotatable bonds is 11. The fraction of sp³-hybridized carbons (Fsp3) is 0.346. The minimum Gasteiger partial charge on any atom is -0.494 e. The smallest absolute Gasteiger partial charge is 0.363 e. The van der Waals surface area contributed by atoms with Gasteiger partial charge in [0.1, 0.15) is 11.5 Å². The van der Waals surface area contributed by atoms with Gasteiger partial charge in [-0.15, -0.1) is 0 Å². The summed E-state index contributed by atoms with van der Waals surface area (Å²) in [4.78, 5) is 21.0. The highest BCUT2D eigenvalue weighted by atomic mass is 16.5. The Hall–Kier alpha value is -3.21. The Morgan fingerprint density at radius 1 is 0.806 bits per heavy atom. The van der Waals surface area contributed by atoms with Crippen LogP contribution in [0.3, 0.4) is 0 Å². The van der Waals surface area contributed by atoms with E-state index in [-0.39, 0.29) is 5.69 Å². The maximum Gasteiger partial charge on any atom is 0.363 e. The van der Waals surface area contributed by atoms with E-state index in [4.69, 9.17) is 9.47 Å². The molecule has 0 atom stereocenters. The summed E-state index contributed by atoms with van der Waals surface area (Å²) in [6.07, 6.45) is 9.98. The number of aryl methyl sites for hydroxylation is 1. The van der Waals surface area contributed by atoms with E-state index in [1.165, 1.54) is 37.4 Å². The van der Waals surface area contributed by atoms with Gasteiger partial charge < -0.3 is 9.47 Å². The Morgan fingerprint density at radius 2 is 1.55 bits per heavy atom. The quantitative estimate of drug-likeness (QED) is 0.208. The lowest BCUT2D eigenvalue weighted by Crippen LogP contribution is -2.11. The van der Waals surface area contributed by atoms with Gasteiger partial charge in [0.05, 0.1) is 24.7 Å². The molecule has 162 valence electrons. The van der Waals surface area contributed by atoms with Crippen molar-refractivity contribution >= 4 is 5.97 Å². The van der Waals surface area contributed by atoms with Crippen molar-refractivity contribution in [3.63, 3.8) is 0 Å². The zero-order valence-electron chi connectivity index (χ0n) is 18.3. The van der Waals surface area contributed by atoms with Gasteiger partial charge >= 0.3 is 5.97 Å². The van der Waals surface area contributed by atoms with Crippen LogP contribution in [0.15, 0.2) is 60.9 Å². The highest BCUT2D eigenvalue weighted by molar-refractivity contribution is 5.88. The summed E-state index contributed by atoms with van der Waals surface area (Å²) in [5.74, 6) is 0.819. The van der Waals surface area contributed by atoms with Crippen molar-refractivity contribution in [1.82, 2.24) is 9.97 Å². The Kier molecular flexibility index (Phi) is 8.59. The first-order valence-electron chi connectivity index (χ1n) is 11.1. The number of carbonyl (C=O) groups is 1. The lowest BCUT2D eigenvalue weighted by molar-refractivity contribution is 0.0728. The highest BCUT2D eigenvalue weighted by Gasteiger charge is 2.12. The van der Waals surface area contributed by atoms with Gasteiger partial charge in [0.15, 0.2) is 5.69 Å². The average Bonchev–Trinajstić information content (AvgIpc) is 2.82. The van der Waals surface area contributed by atoms with Crippen LogP contribution >= 0.6 is 0 Å². The van der Waals surface area contributed by atoms with E-state index in [1.54, 1.807) is 6.20 Å². The number of unbranched alkanes of at least 4 members (excludes halogenated alkanes) is 3. The molecule has 3 aromatic rings. The van der Waals surface area contributed by atoms with Crippen LogP contribution < -0.4 is 9.47 Å². The van der Waals surface area contributed by atoms with Crippen LogP contribution in [0.5, 0.6) is 11.5 Å². The number of esters is 1. The molecule has 0 bridgehead atoms. The molecule has 0 spiro atoms. The minimum absolute atomic E-state index is 0.176. The van der Waals surface area contributed by atoms with E-state index in [2.05, 4.69) is 23.8 Å². The van der Waals surface area contributed by atoms with Crippen molar-refractivity contribution in [3.8, 4) is 22.8 Å². The van der Waals surface area contributed by atoms with Crippen molar-refractivity contribution in [3.05, 3.63) is 72.2 Å². The van der Waals surface area contributed by atoms with E-state index in [0.717, 1.165) is 24.2 Å². The van der Waals surface area contributed by atoms with Gasteiger partial charge in [-0.05, 0) is 61.2 Å². The number of nitrogens with zero attached hydrogens (tertiary/aromatic N) is 2. The number of ether oxygens (including phenoxy) is 2. The molecule has 0 amide bonds. The Morgan fingerprint density at radius 3 is 2.19 bits per heavy atom. The van der Waals surface area contributed by atoms with Crippen LogP contribution in [0.1, 0.15) is 62.0 Å². The fourth-order valence-corrected chi connectivity index (χ4v) is 3.16. The third-order valence-electron chi connectivity index (χ3n) is 4.94. The first-order chi connectivity index (χ1) is 15.2. The molecular formula is C26H30N2O3. The maximum atomic E-state index is 12.4. The van der Waals surface area contributed by atoms with Crippen LogP contribution in [0.4, 0.5) is 0 Å². The number of hydrogen-bond donors (Lipinski definition) is 0. The molecule has 0 aliphatic carbocycles. The lowest BCUT2D eigenvalue weighted by Gasteiger charge is -2.07. The molecule has 0 fully saturated rings. The second-order valence-corrected chi connectivity index (χ2v) is 7.50. The molecule has 0 unspecified atom stereocenters. The van der Waals surface area contributed by atoms with Crippen molar-refractivity contribution in [1.29, 1.82) is 0 Å². The molecule has 0 aliphatic rings. The number of hydrogen-bond acceptors (Lipinski definition) is 5. The molecule has 0 saturated carbocycles. The molecule has 0 saturated heterocycles. The lowest BCUT2D eigenvalue weighted by atomic mass is 10.1. The molecule has 1 heterocycles. The summed E-state index contributed by atoms with van der Waals surface area (Å²) < 4.78 is 11.0. The standard InChI is InChI=1S/C26H30N2O3/c1-3-5-6-7-8-20-9-13-23(14-10-20)31-26(29)25-19-27-24(18-28-25)21-11-15-22(16-12-21)30-17-4-2/h9-16,18-19H,3-8,17H2,1-2H3. The van der Waals surface area contributed by atoms with Crippen LogP contribution in [-0.4, -0.2) is 22.5 Å². The zero-order valence-corrected chi connectivity index (χ0v) is 18.3. The summed E-state index contributed by atoms with van der Waals surface area (Å²) in [6, 6.07) is 15.3. The summed E-state index contributed by atoms with van der Waals surface area (Å²) in [5.41, 5.74) is 3.03. The van der Waals surface area contributed by atoms with Gasteiger partial charge in [-0.1, -0.05) is 45.2 Å². The van der Waals surface area contributed by atoms with E-state index >= 15 is 0 Å². The molecule has 31 heavy (non-hydrogen) atoms. The van der Waals surface area contributed by atoms with Crippen molar-refractivity contribution in [2.24, 2.45) is 0 Å². The van der Waals surface area contributed by atoms with Gasteiger partial charge in [-0.25, -0.2) is 9.78 Å². The van der Waals surface area contributed by atoms with E-state index in [0.29, 0.717) is 18.1 Å². The Labute approximate surface area is 184 Å². The third kappa shape index (κ3) is 6.92. The molecule has 1 aromatic heterocycles. The summed E-state index contributed by atoms with van der Waals surface area (Å²) in [7, 11) is 0. The van der Waals surface area contributed by atoms with Crippen molar-refractivity contribution in [2.45, 2.75) is 52.4 Å². The van der Waals surface area contributed by atoms with Crippen LogP contribution in [0.2, 0.25) is 0 Å². The molecular weight excluding hydrogens is 388 g/mol. The fourth-order valence-electron chi connectivity index (χ4n) is 3.16. The van der Waals surface area contributed by atoms with Crippen LogP contribution in [0.25, 0.3) is 11.3 Å². The van der Waals surface area contributed by atoms with Gasteiger partial charge in [-0.2, -0.15) is 0 Å². The molecule has 0 aliphatic heterocycles. The number of benzene rings is 2. The predicted molar refractivity (Wildman–Crippen MR) is 123 cm³/mol. The van der Waals surface area contributed by atoms with Crippen LogP contribution in [0, 0.1) is 0 Å². The van der Waals surface area contributed by atoms with E-state index in [1.807, 2.05) is 48.5 Å². The SMILES string of the molecule is CCCCCCc1ccc(OC(=O)c2cnc(-c3ccc(OCCC)cc3)cn2)cc1. The van der Waals surface area contributed by atoms with Gasteiger partial charge in [0, 0.05) is 5.56 Å². The van der Waals surface area contributed by atoms with E-state index < -0.39 is 5.97 Å². The monoisotopic (exact) mass is 418 g/mol. The largest absolute Gasteiger partial charge is 0.494 e. The Balaban J connectivity index is 1.55. The normalized spacial score (nSPS) is 10.6. The topological polar surface area (TPSA) is 61.3 Å². The molecule has 5 heteroatoms. The molecule has 2 aromatic carbocycles.